The van der Waals surface area contributed by atoms with Gasteiger partial charge in [0.2, 0.25) is 15.9 Å². The number of sulfonamides is 1. The first-order valence-corrected chi connectivity index (χ1v) is 11.5. The van der Waals surface area contributed by atoms with Gasteiger partial charge in [0.05, 0.1) is 4.90 Å². The van der Waals surface area contributed by atoms with Crippen LogP contribution in [0.4, 0.5) is 0 Å². The monoisotopic (exact) mass is 420 g/mol. The van der Waals surface area contributed by atoms with Gasteiger partial charge < -0.3 is 4.90 Å². The number of fused-ring (bicyclic) bond motifs is 1. The van der Waals surface area contributed by atoms with Crippen LogP contribution in [0.3, 0.4) is 0 Å². The van der Waals surface area contributed by atoms with Gasteiger partial charge in [-0.2, -0.15) is 0 Å². The highest BCUT2D eigenvalue weighted by Crippen LogP contribution is 2.22. The molecule has 1 N–H and O–H groups in total. The van der Waals surface area contributed by atoms with E-state index in [9.17, 15) is 13.2 Å². The molecule has 0 spiro atoms. The first kappa shape index (κ1) is 20.3. The van der Waals surface area contributed by atoms with Gasteiger partial charge in [-0.1, -0.05) is 66.7 Å². The molecule has 4 rings (SSSR count). The Balaban J connectivity index is 1.32. The molecule has 30 heavy (non-hydrogen) atoms. The van der Waals surface area contributed by atoms with E-state index < -0.39 is 10.0 Å². The summed E-state index contributed by atoms with van der Waals surface area (Å²) in [5.41, 5.74) is 2.43. The van der Waals surface area contributed by atoms with Crippen LogP contribution in [0.5, 0.6) is 0 Å². The Morgan fingerprint density at radius 3 is 2.40 bits per heavy atom. The Morgan fingerprint density at radius 1 is 0.933 bits per heavy atom. The van der Waals surface area contributed by atoms with Gasteiger partial charge in [-0.15, -0.1) is 0 Å². The number of benzene rings is 3. The first-order chi connectivity index (χ1) is 14.5. The Bertz CT molecular complexity index is 1190. The summed E-state index contributed by atoms with van der Waals surface area (Å²) in [5.74, 6) is -0.0421. The lowest BCUT2D eigenvalue weighted by molar-refractivity contribution is -0.130. The minimum atomic E-state index is -3.66. The van der Waals surface area contributed by atoms with E-state index in [0.717, 1.165) is 17.2 Å². The van der Waals surface area contributed by atoms with Gasteiger partial charge in [-0.25, -0.2) is 13.1 Å². The molecule has 0 aromatic heterocycles. The van der Waals surface area contributed by atoms with Crippen LogP contribution in [0, 0.1) is 0 Å². The average molecular weight is 421 g/mol. The number of rotatable bonds is 6. The van der Waals surface area contributed by atoms with E-state index in [4.69, 9.17) is 0 Å². The number of nitrogens with one attached hydrogen (secondary N) is 1. The van der Waals surface area contributed by atoms with Crippen LogP contribution in [-0.4, -0.2) is 38.9 Å². The second kappa shape index (κ2) is 8.81. The summed E-state index contributed by atoms with van der Waals surface area (Å²) in [6.07, 6.45) is 3.02. The number of amides is 1. The van der Waals surface area contributed by atoms with Gasteiger partial charge in [0.1, 0.15) is 0 Å². The summed E-state index contributed by atoms with van der Waals surface area (Å²) < 4.78 is 27.7. The largest absolute Gasteiger partial charge is 0.339 e. The molecule has 1 heterocycles. The van der Waals surface area contributed by atoms with Crippen LogP contribution in [-0.2, 0) is 14.8 Å². The lowest BCUT2D eigenvalue weighted by Crippen LogP contribution is -2.37. The topological polar surface area (TPSA) is 66.5 Å². The van der Waals surface area contributed by atoms with Crippen LogP contribution >= 0.6 is 0 Å². The smallest absolute Gasteiger partial charge is 0.240 e. The fraction of sp³-hybridized carbons (Fsp3) is 0.208. The van der Waals surface area contributed by atoms with Gasteiger partial charge >= 0.3 is 0 Å². The molecule has 3 aromatic carbocycles. The molecule has 0 atom stereocenters. The molecule has 1 amide bonds. The highest BCUT2D eigenvalue weighted by Gasteiger charge is 2.19. The zero-order valence-corrected chi connectivity index (χ0v) is 17.4. The number of hydrogen-bond donors (Lipinski definition) is 1. The first-order valence-electron chi connectivity index (χ1n) is 10.0. The second-order valence-electron chi connectivity index (χ2n) is 7.34. The van der Waals surface area contributed by atoms with Crippen molar-refractivity contribution in [2.24, 2.45) is 0 Å². The van der Waals surface area contributed by atoms with Gasteiger partial charge in [-0.3, -0.25) is 4.79 Å². The maximum absolute atomic E-state index is 12.6. The van der Waals surface area contributed by atoms with Gasteiger partial charge in [0.15, 0.2) is 0 Å². The highest BCUT2D eigenvalue weighted by molar-refractivity contribution is 7.89. The number of nitrogens with zero attached hydrogens (tertiary/aromatic N) is 1. The van der Waals surface area contributed by atoms with Gasteiger partial charge in [-0.05, 0) is 40.5 Å². The second-order valence-corrected chi connectivity index (χ2v) is 9.11. The van der Waals surface area contributed by atoms with Crippen LogP contribution in [0.2, 0.25) is 0 Å². The van der Waals surface area contributed by atoms with Gasteiger partial charge in [0.25, 0.3) is 0 Å². The fourth-order valence-corrected chi connectivity index (χ4v) is 4.75. The maximum atomic E-state index is 12.6. The molecule has 6 heteroatoms. The van der Waals surface area contributed by atoms with Crippen molar-refractivity contribution in [1.29, 1.82) is 0 Å². The van der Waals surface area contributed by atoms with E-state index in [0.29, 0.717) is 13.1 Å². The molecule has 3 aromatic rings. The summed E-state index contributed by atoms with van der Waals surface area (Å²) >= 11 is 0. The molecule has 0 radical (unpaired) electrons. The molecule has 1 aliphatic rings. The van der Waals surface area contributed by atoms with Crippen molar-refractivity contribution in [3.05, 3.63) is 84.4 Å². The quantitative estimate of drug-likeness (QED) is 0.659. The van der Waals surface area contributed by atoms with E-state index in [1.807, 2.05) is 42.5 Å². The zero-order chi connectivity index (χ0) is 21.0. The van der Waals surface area contributed by atoms with Crippen molar-refractivity contribution in [3.63, 3.8) is 0 Å². The number of hydrogen-bond acceptors (Lipinski definition) is 3. The third-order valence-corrected chi connectivity index (χ3v) is 6.83. The molecular weight excluding hydrogens is 396 g/mol. The Morgan fingerprint density at radius 2 is 1.67 bits per heavy atom. The predicted octanol–water partition coefficient (Wildman–Crippen LogP) is 3.82. The number of carbonyl (C=O) groups excluding carboxylic acids is 1. The van der Waals surface area contributed by atoms with Crippen LogP contribution in [0.1, 0.15) is 18.4 Å². The fourth-order valence-electron chi connectivity index (χ4n) is 3.68. The van der Waals surface area contributed by atoms with Crippen LogP contribution < -0.4 is 4.72 Å². The molecule has 154 valence electrons. The predicted molar refractivity (Wildman–Crippen MR) is 119 cm³/mol. The molecule has 0 fully saturated rings. The molecular formula is C24H24N2O3S. The van der Waals surface area contributed by atoms with Crippen molar-refractivity contribution in [2.75, 3.05) is 19.6 Å². The SMILES string of the molecule is O=C(CCNS(=O)(=O)c1ccc2ccccc2c1)N1CC=C(c2ccccc2)CC1. The summed E-state index contributed by atoms with van der Waals surface area (Å²) in [6.45, 7) is 1.29. The molecule has 0 aliphatic carbocycles. The maximum Gasteiger partial charge on any atom is 0.240 e. The van der Waals surface area contributed by atoms with Crippen molar-refractivity contribution < 1.29 is 13.2 Å². The van der Waals surface area contributed by atoms with Gasteiger partial charge in [0, 0.05) is 26.1 Å². The van der Waals surface area contributed by atoms with Crippen LogP contribution in [0.25, 0.3) is 16.3 Å². The average Bonchev–Trinajstić information content (AvgIpc) is 2.79. The van der Waals surface area contributed by atoms with Crippen molar-refractivity contribution >= 4 is 32.3 Å². The molecule has 0 unspecified atom stereocenters. The Labute approximate surface area is 177 Å². The Hall–Kier alpha value is -2.96. The van der Waals surface area contributed by atoms with Crippen molar-refractivity contribution in [3.8, 4) is 0 Å². The van der Waals surface area contributed by atoms with Crippen molar-refractivity contribution in [1.82, 2.24) is 9.62 Å². The third-order valence-electron chi connectivity index (χ3n) is 5.37. The zero-order valence-electron chi connectivity index (χ0n) is 16.6. The van der Waals surface area contributed by atoms with E-state index in [2.05, 4.69) is 22.9 Å². The van der Waals surface area contributed by atoms with Crippen molar-refractivity contribution in [2.45, 2.75) is 17.7 Å². The normalized spacial score (nSPS) is 14.5. The van der Waals surface area contributed by atoms with E-state index >= 15 is 0 Å². The summed E-state index contributed by atoms with van der Waals surface area (Å²) in [4.78, 5) is 14.5. The van der Waals surface area contributed by atoms with Crippen LogP contribution in [0.15, 0.2) is 83.8 Å². The Kier molecular flexibility index (Phi) is 5.97. The van der Waals surface area contributed by atoms with E-state index in [1.165, 1.54) is 11.1 Å². The molecule has 0 bridgehead atoms. The highest BCUT2D eigenvalue weighted by atomic mass is 32.2. The summed E-state index contributed by atoms with van der Waals surface area (Å²) in [6, 6.07) is 22.8. The molecule has 1 aliphatic heterocycles. The third kappa shape index (κ3) is 4.61. The van der Waals surface area contributed by atoms with E-state index in [-0.39, 0.29) is 23.8 Å². The number of carbonyl (C=O) groups is 1. The lowest BCUT2D eigenvalue weighted by Gasteiger charge is -2.26. The minimum Gasteiger partial charge on any atom is -0.339 e. The summed E-state index contributed by atoms with van der Waals surface area (Å²) in [7, 11) is -3.66. The van der Waals surface area contributed by atoms with E-state index in [1.54, 1.807) is 23.1 Å². The summed E-state index contributed by atoms with van der Waals surface area (Å²) in [5, 5.41) is 1.85. The lowest BCUT2D eigenvalue weighted by atomic mass is 9.99. The molecule has 0 saturated heterocycles. The minimum absolute atomic E-state index is 0.0421. The molecule has 5 nitrogen and oxygen atoms in total. The molecule has 0 saturated carbocycles. The standard InChI is InChI=1S/C24H24N2O3S/c27-24(26-16-13-21(14-17-26)19-6-2-1-3-7-19)12-15-25-30(28,29)23-11-10-20-8-4-5-9-22(20)18-23/h1-11,13,18,25H,12,14-17H2.